The summed E-state index contributed by atoms with van der Waals surface area (Å²) in [5, 5.41) is 10.1. The number of nitrogens with one attached hydrogen (secondary N) is 3. The number of nitrogens with zero attached hydrogens (tertiary/aromatic N) is 2. The molecule has 1 aromatic carbocycles. The number of pyridine rings is 1. The predicted molar refractivity (Wildman–Crippen MR) is 122 cm³/mol. The summed E-state index contributed by atoms with van der Waals surface area (Å²) in [6, 6.07) is 12.4. The summed E-state index contributed by atoms with van der Waals surface area (Å²) < 4.78 is 0.726. The molecule has 0 unspecified atom stereocenters. The predicted octanol–water partition coefficient (Wildman–Crippen LogP) is 3.09. The quantitative estimate of drug-likeness (QED) is 0.428. The van der Waals surface area contributed by atoms with Crippen LogP contribution < -0.4 is 16.0 Å². The van der Waals surface area contributed by atoms with Gasteiger partial charge in [-0.05, 0) is 36.4 Å². The van der Waals surface area contributed by atoms with E-state index in [9.17, 15) is 14.4 Å². The highest BCUT2D eigenvalue weighted by Gasteiger charge is 2.10. The number of hydrogen-bond acceptors (Lipinski definition) is 7. The maximum Gasteiger partial charge on any atom is 0.234 e. The fourth-order valence-electron chi connectivity index (χ4n) is 2.52. The van der Waals surface area contributed by atoms with Gasteiger partial charge in [-0.3, -0.25) is 19.4 Å². The SMILES string of the molecule is CC(=O)Nc1ccc(NC(=O)CSc2nc(CC(=O)NCc3ccccn3)cs2)cc1. The molecule has 0 saturated heterocycles. The maximum absolute atomic E-state index is 12.2. The molecule has 0 bridgehead atoms. The van der Waals surface area contributed by atoms with Gasteiger partial charge in [0.25, 0.3) is 0 Å². The minimum Gasteiger partial charge on any atom is -0.350 e. The number of aromatic nitrogens is 2. The molecule has 0 radical (unpaired) electrons. The number of amides is 3. The Kier molecular flexibility index (Phi) is 8.13. The first-order chi connectivity index (χ1) is 15.0. The Hall–Kier alpha value is -3.24. The summed E-state index contributed by atoms with van der Waals surface area (Å²) in [5.41, 5.74) is 2.77. The molecule has 0 spiro atoms. The Morgan fingerprint density at radius 1 is 0.968 bits per heavy atom. The highest BCUT2D eigenvalue weighted by molar-refractivity contribution is 8.01. The van der Waals surface area contributed by atoms with Crippen LogP contribution in [0.25, 0.3) is 0 Å². The average molecular weight is 456 g/mol. The van der Waals surface area contributed by atoms with Gasteiger partial charge in [-0.1, -0.05) is 17.8 Å². The number of carbonyl (C=O) groups is 3. The van der Waals surface area contributed by atoms with E-state index in [4.69, 9.17) is 0 Å². The summed E-state index contributed by atoms with van der Waals surface area (Å²) in [6.45, 7) is 1.81. The van der Waals surface area contributed by atoms with Gasteiger partial charge >= 0.3 is 0 Å². The molecule has 0 saturated carbocycles. The summed E-state index contributed by atoms with van der Waals surface area (Å²) in [4.78, 5) is 43.8. The number of anilines is 2. The monoisotopic (exact) mass is 455 g/mol. The van der Waals surface area contributed by atoms with Gasteiger partial charge in [-0.25, -0.2) is 4.98 Å². The third-order valence-corrected chi connectivity index (χ3v) is 5.95. The lowest BCUT2D eigenvalue weighted by atomic mass is 10.3. The minimum atomic E-state index is -0.165. The Morgan fingerprint density at radius 3 is 2.39 bits per heavy atom. The summed E-state index contributed by atoms with van der Waals surface area (Å²) >= 11 is 2.72. The van der Waals surface area contributed by atoms with Crippen molar-refractivity contribution in [2.24, 2.45) is 0 Å². The first kappa shape index (κ1) is 22.4. The lowest BCUT2D eigenvalue weighted by Gasteiger charge is -2.06. The molecule has 0 aliphatic rings. The Morgan fingerprint density at radius 2 is 1.71 bits per heavy atom. The number of benzene rings is 1. The molecular weight excluding hydrogens is 434 g/mol. The van der Waals surface area contributed by atoms with Crippen molar-refractivity contribution >= 4 is 52.2 Å². The van der Waals surface area contributed by atoms with Crippen LogP contribution in [0.4, 0.5) is 11.4 Å². The second-order valence-corrected chi connectivity index (χ2v) is 8.56. The van der Waals surface area contributed by atoms with Crippen molar-refractivity contribution in [2.45, 2.75) is 24.2 Å². The third kappa shape index (κ3) is 7.83. The fourth-order valence-corrected chi connectivity index (χ4v) is 4.16. The molecule has 0 aliphatic heterocycles. The summed E-state index contributed by atoms with van der Waals surface area (Å²) in [5.74, 6) is -0.247. The van der Waals surface area contributed by atoms with Crippen LogP contribution in [-0.2, 0) is 27.3 Å². The lowest BCUT2D eigenvalue weighted by molar-refractivity contribution is -0.120. The van der Waals surface area contributed by atoms with E-state index in [-0.39, 0.29) is 29.9 Å². The maximum atomic E-state index is 12.2. The molecule has 160 valence electrons. The van der Waals surface area contributed by atoms with Gasteiger partial charge in [-0.2, -0.15) is 0 Å². The van der Waals surface area contributed by atoms with Crippen molar-refractivity contribution in [3.8, 4) is 0 Å². The smallest absolute Gasteiger partial charge is 0.234 e. The van der Waals surface area contributed by atoms with Crippen molar-refractivity contribution in [1.82, 2.24) is 15.3 Å². The van der Waals surface area contributed by atoms with Crippen LogP contribution in [0.5, 0.6) is 0 Å². The average Bonchev–Trinajstić information content (AvgIpc) is 3.20. The van der Waals surface area contributed by atoms with Gasteiger partial charge in [0.15, 0.2) is 4.34 Å². The number of thioether (sulfide) groups is 1. The lowest BCUT2D eigenvalue weighted by Crippen LogP contribution is -2.25. The standard InChI is InChI=1S/C21H21N5O3S2/c1-14(27)24-15-5-7-16(8-6-15)25-20(29)13-31-21-26-18(12-30-21)10-19(28)23-11-17-4-2-3-9-22-17/h2-9,12H,10-11,13H2,1H3,(H,23,28)(H,24,27)(H,25,29). The van der Waals surface area contributed by atoms with Gasteiger partial charge in [0.2, 0.25) is 17.7 Å². The van der Waals surface area contributed by atoms with E-state index in [1.54, 1.807) is 30.5 Å². The first-order valence-corrected chi connectivity index (χ1v) is 11.3. The molecule has 0 aliphatic carbocycles. The highest BCUT2D eigenvalue weighted by Crippen LogP contribution is 2.23. The summed E-state index contributed by atoms with van der Waals surface area (Å²) in [7, 11) is 0. The second-order valence-electron chi connectivity index (χ2n) is 6.47. The summed E-state index contributed by atoms with van der Waals surface area (Å²) in [6.07, 6.45) is 1.86. The molecule has 3 amide bonds. The van der Waals surface area contributed by atoms with Gasteiger partial charge in [0.1, 0.15) is 0 Å². The molecule has 10 heteroatoms. The number of hydrogen-bond donors (Lipinski definition) is 3. The normalized spacial score (nSPS) is 10.4. The van der Waals surface area contributed by atoms with E-state index in [1.165, 1.54) is 30.0 Å². The van der Waals surface area contributed by atoms with E-state index >= 15 is 0 Å². The first-order valence-electron chi connectivity index (χ1n) is 9.39. The fraction of sp³-hybridized carbons (Fsp3) is 0.190. The van der Waals surface area contributed by atoms with E-state index < -0.39 is 0 Å². The largest absolute Gasteiger partial charge is 0.350 e. The van der Waals surface area contributed by atoms with Gasteiger partial charge < -0.3 is 16.0 Å². The molecule has 31 heavy (non-hydrogen) atoms. The van der Waals surface area contributed by atoms with E-state index in [0.717, 1.165) is 10.0 Å². The zero-order chi connectivity index (χ0) is 22.1. The van der Waals surface area contributed by atoms with E-state index in [1.807, 2.05) is 23.6 Å². The van der Waals surface area contributed by atoms with Crippen LogP contribution in [0.3, 0.4) is 0 Å². The Balaban J connectivity index is 1.40. The van der Waals surface area contributed by atoms with Crippen molar-refractivity contribution in [2.75, 3.05) is 16.4 Å². The molecule has 2 heterocycles. The Labute approximate surface area is 187 Å². The van der Waals surface area contributed by atoms with Crippen molar-refractivity contribution in [1.29, 1.82) is 0 Å². The molecular formula is C21H21N5O3S2. The zero-order valence-electron chi connectivity index (χ0n) is 16.8. The van der Waals surface area contributed by atoms with Crippen LogP contribution in [0.15, 0.2) is 58.4 Å². The van der Waals surface area contributed by atoms with E-state index in [2.05, 4.69) is 25.9 Å². The van der Waals surface area contributed by atoms with Crippen LogP contribution in [0.1, 0.15) is 18.3 Å². The van der Waals surface area contributed by atoms with Crippen LogP contribution >= 0.6 is 23.1 Å². The molecule has 0 atom stereocenters. The van der Waals surface area contributed by atoms with Crippen LogP contribution in [0, 0.1) is 0 Å². The van der Waals surface area contributed by atoms with Gasteiger partial charge in [0.05, 0.1) is 30.1 Å². The molecule has 3 aromatic rings. The zero-order valence-corrected chi connectivity index (χ0v) is 18.4. The van der Waals surface area contributed by atoms with Crippen molar-refractivity contribution in [3.05, 3.63) is 65.4 Å². The number of rotatable bonds is 9. The molecule has 8 nitrogen and oxygen atoms in total. The van der Waals surface area contributed by atoms with Crippen molar-refractivity contribution in [3.63, 3.8) is 0 Å². The topological polar surface area (TPSA) is 113 Å². The van der Waals surface area contributed by atoms with Crippen LogP contribution in [0.2, 0.25) is 0 Å². The van der Waals surface area contributed by atoms with Gasteiger partial charge in [-0.15, -0.1) is 11.3 Å². The van der Waals surface area contributed by atoms with E-state index in [0.29, 0.717) is 23.6 Å². The second kappa shape index (κ2) is 11.2. The minimum absolute atomic E-state index is 0.132. The van der Waals surface area contributed by atoms with Gasteiger partial charge in [0, 0.05) is 29.9 Å². The third-order valence-electron chi connectivity index (χ3n) is 3.88. The molecule has 2 aromatic heterocycles. The molecule has 3 N–H and O–H groups in total. The number of carbonyl (C=O) groups excluding carboxylic acids is 3. The highest BCUT2D eigenvalue weighted by atomic mass is 32.2. The van der Waals surface area contributed by atoms with Crippen molar-refractivity contribution < 1.29 is 14.4 Å². The molecule has 0 fully saturated rings. The number of thiazole rings is 1. The Bertz CT molecular complexity index is 1040. The molecule has 3 rings (SSSR count). The van der Waals surface area contributed by atoms with Crippen LogP contribution in [-0.4, -0.2) is 33.4 Å².